The molecule has 1 aliphatic heterocycles. The fourth-order valence-corrected chi connectivity index (χ4v) is 5.08. The first-order valence-electron chi connectivity index (χ1n) is 10.6. The van der Waals surface area contributed by atoms with Crippen molar-refractivity contribution in [3.63, 3.8) is 0 Å². The van der Waals surface area contributed by atoms with Crippen LogP contribution >= 0.6 is 11.3 Å². The summed E-state index contributed by atoms with van der Waals surface area (Å²) in [5.74, 6) is 1.44. The van der Waals surface area contributed by atoms with E-state index in [4.69, 9.17) is 4.74 Å². The number of hydrogen-bond donors (Lipinski definition) is 2. The molecule has 158 valence electrons. The van der Waals surface area contributed by atoms with Gasteiger partial charge in [0.15, 0.2) is 5.96 Å². The molecule has 2 unspecified atom stereocenters. The number of thiophene rings is 1. The predicted molar refractivity (Wildman–Crippen MR) is 122 cm³/mol. The van der Waals surface area contributed by atoms with E-state index in [1.165, 1.54) is 35.4 Å². The molecule has 5 nitrogen and oxygen atoms in total. The van der Waals surface area contributed by atoms with Gasteiger partial charge >= 0.3 is 0 Å². The molecule has 2 atom stereocenters. The Kier molecular flexibility index (Phi) is 8.52. The van der Waals surface area contributed by atoms with E-state index in [1.807, 2.05) is 25.3 Å². The summed E-state index contributed by atoms with van der Waals surface area (Å²) in [7, 11) is 4.09. The van der Waals surface area contributed by atoms with Crippen molar-refractivity contribution in [2.75, 3.05) is 33.8 Å². The number of ether oxygens (including phenoxy) is 1. The predicted octanol–water partition coefficient (Wildman–Crippen LogP) is 4.03. The molecule has 0 amide bonds. The molecule has 0 radical (unpaired) electrons. The summed E-state index contributed by atoms with van der Waals surface area (Å²) < 4.78 is 5.60. The first-order chi connectivity index (χ1) is 14.2. The van der Waals surface area contributed by atoms with E-state index in [0.717, 1.165) is 25.7 Å². The summed E-state index contributed by atoms with van der Waals surface area (Å²) in [5.41, 5.74) is 2.47. The Morgan fingerprint density at radius 3 is 2.76 bits per heavy atom. The highest BCUT2D eigenvalue weighted by atomic mass is 32.1. The minimum absolute atomic E-state index is 0.487. The van der Waals surface area contributed by atoms with Gasteiger partial charge in [-0.1, -0.05) is 30.3 Å². The Morgan fingerprint density at radius 2 is 2.03 bits per heavy atom. The van der Waals surface area contributed by atoms with Gasteiger partial charge in [-0.05, 0) is 61.8 Å². The molecule has 1 aromatic heterocycles. The van der Waals surface area contributed by atoms with Gasteiger partial charge in [0.2, 0.25) is 0 Å². The van der Waals surface area contributed by atoms with Gasteiger partial charge in [0.05, 0.1) is 6.61 Å². The van der Waals surface area contributed by atoms with E-state index in [1.54, 1.807) is 0 Å². The second-order valence-corrected chi connectivity index (χ2v) is 8.53. The molecule has 2 heterocycles. The van der Waals surface area contributed by atoms with Gasteiger partial charge < -0.3 is 15.4 Å². The molecule has 1 fully saturated rings. The Hall–Kier alpha value is -1.89. The first-order valence-corrected chi connectivity index (χ1v) is 11.4. The lowest BCUT2D eigenvalue weighted by atomic mass is 9.88. The number of likely N-dealkylation sites (tertiary alicyclic amines) is 1. The van der Waals surface area contributed by atoms with Gasteiger partial charge in [-0.2, -0.15) is 0 Å². The molecule has 1 aromatic carbocycles. The SMILES string of the molecule is CCOCc1ccccc1CNC(=NC)NCC1CCCN(C)C1c1cccs1. The van der Waals surface area contributed by atoms with E-state index in [0.29, 0.717) is 18.6 Å². The highest BCUT2D eigenvalue weighted by Crippen LogP contribution is 2.36. The van der Waals surface area contributed by atoms with Crippen molar-refractivity contribution in [3.05, 3.63) is 57.8 Å². The molecule has 0 spiro atoms. The molecule has 1 aliphatic rings. The Morgan fingerprint density at radius 1 is 1.21 bits per heavy atom. The Labute approximate surface area is 179 Å². The van der Waals surface area contributed by atoms with Crippen LogP contribution in [0.2, 0.25) is 0 Å². The molecular weight excluding hydrogens is 380 g/mol. The van der Waals surface area contributed by atoms with Gasteiger partial charge in [0.1, 0.15) is 0 Å². The monoisotopic (exact) mass is 414 g/mol. The second-order valence-electron chi connectivity index (χ2n) is 7.56. The molecule has 2 N–H and O–H groups in total. The maximum Gasteiger partial charge on any atom is 0.191 e. The lowest BCUT2D eigenvalue weighted by Gasteiger charge is -2.39. The van der Waals surface area contributed by atoms with Gasteiger partial charge in [0, 0.05) is 37.7 Å². The number of piperidine rings is 1. The zero-order valence-corrected chi connectivity index (χ0v) is 18.7. The van der Waals surface area contributed by atoms with Crippen molar-refractivity contribution in [3.8, 4) is 0 Å². The quantitative estimate of drug-likeness (QED) is 0.506. The fraction of sp³-hybridized carbons (Fsp3) is 0.522. The van der Waals surface area contributed by atoms with Crippen molar-refractivity contribution < 1.29 is 4.74 Å². The van der Waals surface area contributed by atoms with Crippen LogP contribution in [0.25, 0.3) is 0 Å². The summed E-state index contributed by atoms with van der Waals surface area (Å²) in [6, 6.07) is 13.3. The van der Waals surface area contributed by atoms with Gasteiger partial charge in [-0.15, -0.1) is 11.3 Å². The first kappa shape index (κ1) is 21.8. The highest BCUT2D eigenvalue weighted by Gasteiger charge is 2.31. The minimum Gasteiger partial charge on any atom is -0.377 e. The maximum atomic E-state index is 5.60. The van der Waals surface area contributed by atoms with Gasteiger partial charge in [-0.25, -0.2) is 0 Å². The number of guanidine groups is 1. The Balaban J connectivity index is 1.56. The van der Waals surface area contributed by atoms with E-state index >= 15 is 0 Å². The Bertz CT molecular complexity index is 762. The molecule has 6 heteroatoms. The van der Waals surface area contributed by atoms with E-state index < -0.39 is 0 Å². The highest BCUT2D eigenvalue weighted by molar-refractivity contribution is 7.10. The van der Waals surface area contributed by atoms with Crippen LogP contribution in [-0.4, -0.2) is 44.7 Å². The van der Waals surface area contributed by atoms with Crippen LogP contribution in [0.4, 0.5) is 0 Å². The molecule has 29 heavy (non-hydrogen) atoms. The van der Waals surface area contributed by atoms with Crippen molar-refractivity contribution in [1.82, 2.24) is 15.5 Å². The van der Waals surface area contributed by atoms with Crippen LogP contribution in [0.15, 0.2) is 46.8 Å². The number of nitrogens with one attached hydrogen (secondary N) is 2. The zero-order chi connectivity index (χ0) is 20.5. The van der Waals surface area contributed by atoms with Crippen molar-refractivity contribution in [1.29, 1.82) is 0 Å². The van der Waals surface area contributed by atoms with Crippen molar-refractivity contribution in [2.24, 2.45) is 10.9 Å². The van der Waals surface area contributed by atoms with Crippen LogP contribution in [-0.2, 0) is 17.9 Å². The summed E-state index contributed by atoms with van der Waals surface area (Å²) in [5, 5.41) is 9.23. The van der Waals surface area contributed by atoms with E-state index in [2.05, 4.69) is 69.4 Å². The summed E-state index contributed by atoms with van der Waals surface area (Å²) >= 11 is 1.87. The van der Waals surface area contributed by atoms with E-state index in [-0.39, 0.29) is 0 Å². The summed E-state index contributed by atoms with van der Waals surface area (Å²) in [4.78, 5) is 8.40. The molecule has 1 saturated heterocycles. The van der Waals surface area contributed by atoms with Crippen LogP contribution in [0.5, 0.6) is 0 Å². The number of aliphatic imine (C=N–C) groups is 1. The van der Waals surface area contributed by atoms with Crippen LogP contribution < -0.4 is 10.6 Å². The molecule has 0 saturated carbocycles. The minimum atomic E-state index is 0.487. The fourth-order valence-electron chi connectivity index (χ4n) is 4.09. The smallest absolute Gasteiger partial charge is 0.191 e. The molecular formula is C23H34N4OS. The molecule has 3 rings (SSSR count). The number of hydrogen-bond acceptors (Lipinski definition) is 4. The standard InChI is InChI=1S/C23H34N4OS/c1-4-28-17-20-10-6-5-9-18(20)15-25-23(24-2)26-16-19-11-7-13-27(3)22(19)21-12-8-14-29-21/h5-6,8-10,12,14,19,22H,4,7,11,13,15-17H2,1-3H3,(H2,24,25,26). The lowest BCUT2D eigenvalue weighted by molar-refractivity contribution is 0.125. The third-order valence-electron chi connectivity index (χ3n) is 5.62. The number of benzene rings is 1. The molecule has 2 aromatic rings. The maximum absolute atomic E-state index is 5.60. The van der Waals surface area contributed by atoms with Crippen molar-refractivity contribution in [2.45, 2.75) is 39.0 Å². The third-order valence-corrected chi connectivity index (χ3v) is 6.57. The number of rotatable bonds is 8. The zero-order valence-electron chi connectivity index (χ0n) is 17.9. The number of nitrogens with zero attached hydrogens (tertiary/aromatic N) is 2. The second kappa shape index (κ2) is 11.3. The molecule has 0 bridgehead atoms. The summed E-state index contributed by atoms with van der Waals surface area (Å²) in [6.45, 7) is 6.24. The third kappa shape index (κ3) is 6.04. The van der Waals surface area contributed by atoms with Crippen LogP contribution in [0.1, 0.15) is 41.8 Å². The average Bonchev–Trinajstić information content (AvgIpc) is 3.27. The average molecular weight is 415 g/mol. The van der Waals surface area contributed by atoms with Crippen LogP contribution in [0, 0.1) is 5.92 Å². The van der Waals surface area contributed by atoms with Gasteiger partial charge in [0.25, 0.3) is 0 Å². The molecule has 0 aliphatic carbocycles. The van der Waals surface area contributed by atoms with Crippen molar-refractivity contribution >= 4 is 17.3 Å². The normalized spacial score (nSPS) is 20.6. The van der Waals surface area contributed by atoms with Crippen LogP contribution in [0.3, 0.4) is 0 Å². The lowest BCUT2D eigenvalue weighted by Crippen LogP contribution is -2.44. The van der Waals surface area contributed by atoms with Gasteiger partial charge in [-0.3, -0.25) is 9.89 Å². The van der Waals surface area contributed by atoms with E-state index in [9.17, 15) is 0 Å². The largest absolute Gasteiger partial charge is 0.377 e. The topological polar surface area (TPSA) is 48.9 Å². The summed E-state index contributed by atoms with van der Waals surface area (Å²) in [6.07, 6.45) is 2.50.